The molecule has 0 spiro atoms. The number of nitrogens with one attached hydrogen (secondary N) is 2. The van der Waals surface area contributed by atoms with Crippen LogP contribution in [0, 0.1) is 0 Å². The van der Waals surface area contributed by atoms with E-state index < -0.39 is 0 Å². The zero-order valence-corrected chi connectivity index (χ0v) is 10.6. The number of carbonyl (C=O) groups is 1. The first-order valence-electron chi connectivity index (χ1n) is 5.87. The minimum atomic E-state index is -0.201. The van der Waals surface area contributed by atoms with Gasteiger partial charge < -0.3 is 10.7 Å². The number of nitrogens with two attached hydrogens (primary N) is 1. The van der Waals surface area contributed by atoms with Crippen molar-refractivity contribution in [3.63, 3.8) is 0 Å². The van der Waals surface area contributed by atoms with Gasteiger partial charge in [-0.3, -0.25) is 15.3 Å². The number of anilines is 1. The predicted octanol–water partition coefficient (Wildman–Crippen LogP) is 0.0732. The van der Waals surface area contributed by atoms with Crippen LogP contribution in [0.5, 0.6) is 0 Å². The molecule has 0 radical (unpaired) electrons. The number of carbonyl (C=O) groups excluding carboxylic acids is 1. The Morgan fingerprint density at radius 1 is 1.42 bits per heavy atom. The SMILES string of the molecule is Cn1cc(CCNC(=O)c2ccc(NN)cn2)cn1. The number of rotatable bonds is 5. The van der Waals surface area contributed by atoms with Crippen molar-refractivity contribution in [3.05, 3.63) is 42.0 Å². The molecule has 19 heavy (non-hydrogen) atoms. The molecule has 7 heteroatoms. The smallest absolute Gasteiger partial charge is 0.269 e. The maximum Gasteiger partial charge on any atom is 0.269 e. The Balaban J connectivity index is 1.83. The number of hydrogen-bond acceptors (Lipinski definition) is 5. The molecule has 0 unspecified atom stereocenters. The summed E-state index contributed by atoms with van der Waals surface area (Å²) in [4.78, 5) is 15.8. The van der Waals surface area contributed by atoms with Crippen molar-refractivity contribution in [1.29, 1.82) is 0 Å². The molecule has 2 rings (SSSR count). The van der Waals surface area contributed by atoms with Crippen LogP contribution < -0.4 is 16.6 Å². The van der Waals surface area contributed by atoms with Gasteiger partial charge in [0.05, 0.1) is 18.1 Å². The molecule has 0 saturated carbocycles. The molecule has 2 aromatic heterocycles. The summed E-state index contributed by atoms with van der Waals surface area (Å²) in [5.74, 6) is 5.02. The van der Waals surface area contributed by atoms with E-state index in [0.717, 1.165) is 12.0 Å². The fourth-order valence-electron chi connectivity index (χ4n) is 1.63. The van der Waals surface area contributed by atoms with Gasteiger partial charge in [-0.15, -0.1) is 0 Å². The Morgan fingerprint density at radius 2 is 2.26 bits per heavy atom. The quantitative estimate of drug-likeness (QED) is 0.522. The molecule has 2 heterocycles. The summed E-state index contributed by atoms with van der Waals surface area (Å²) in [5, 5.41) is 6.87. The van der Waals surface area contributed by atoms with Gasteiger partial charge in [-0.2, -0.15) is 5.10 Å². The summed E-state index contributed by atoms with van der Waals surface area (Å²) >= 11 is 0. The summed E-state index contributed by atoms with van der Waals surface area (Å²) in [5.41, 5.74) is 4.56. The van der Waals surface area contributed by atoms with Crippen molar-refractivity contribution in [2.24, 2.45) is 12.9 Å². The number of aromatic nitrogens is 3. The third-order valence-electron chi connectivity index (χ3n) is 2.62. The lowest BCUT2D eigenvalue weighted by Crippen LogP contribution is -2.26. The van der Waals surface area contributed by atoms with E-state index in [0.29, 0.717) is 17.9 Å². The number of pyridine rings is 1. The van der Waals surface area contributed by atoms with Crippen molar-refractivity contribution in [2.75, 3.05) is 12.0 Å². The Morgan fingerprint density at radius 3 is 2.84 bits per heavy atom. The topological polar surface area (TPSA) is 97.9 Å². The van der Waals surface area contributed by atoms with E-state index in [1.165, 1.54) is 6.20 Å². The summed E-state index contributed by atoms with van der Waals surface area (Å²) in [7, 11) is 1.86. The highest BCUT2D eigenvalue weighted by Gasteiger charge is 2.06. The number of hydrazine groups is 1. The summed E-state index contributed by atoms with van der Waals surface area (Å²) in [6, 6.07) is 3.32. The third kappa shape index (κ3) is 3.52. The molecule has 7 nitrogen and oxygen atoms in total. The molecule has 0 atom stereocenters. The van der Waals surface area contributed by atoms with E-state index in [9.17, 15) is 4.79 Å². The lowest BCUT2D eigenvalue weighted by molar-refractivity contribution is 0.0949. The molecule has 0 aliphatic carbocycles. The van der Waals surface area contributed by atoms with E-state index in [-0.39, 0.29) is 5.91 Å². The molecular formula is C12H16N6O. The van der Waals surface area contributed by atoms with Crippen LogP contribution in [-0.2, 0) is 13.5 Å². The first kappa shape index (κ1) is 13.0. The number of nitrogens with zero attached hydrogens (tertiary/aromatic N) is 3. The van der Waals surface area contributed by atoms with Crippen LogP contribution in [0.2, 0.25) is 0 Å². The molecule has 4 N–H and O–H groups in total. The van der Waals surface area contributed by atoms with Crippen molar-refractivity contribution in [2.45, 2.75) is 6.42 Å². The second-order valence-electron chi connectivity index (χ2n) is 4.10. The van der Waals surface area contributed by atoms with Gasteiger partial charge >= 0.3 is 0 Å². The fourth-order valence-corrected chi connectivity index (χ4v) is 1.63. The number of aryl methyl sites for hydroxylation is 1. The third-order valence-corrected chi connectivity index (χ3v) is 2.62. The summed E-state index contributed by atoms with van der Waals surface area (Å²) < 4.78 is 1.73. The van der Waals surface area contributed by atoms with Crippen LogP contribution in [-0.4, -0.2) is 27.2 Å². The van der Waals surface area contributed by atoms with Gasteiger partial charge in [-0.05, 0) is 24.1 Å². The minimum Gasteiger partial charge on any atom is -0.350 e. The largest absolute Gasteiger partial charge is 0.350 e. The van der Waals surface area contributed by atoms with Crippen LogP contribution >= 0.6 is 0 Å². The van der Waals surface area contributed by atoms with Crippen LogP contribution in [0.4, 0.5) is 5.69 Å². The zero-order chi connectivity index (χ0) is 13.7. The standard InChI is InChI=1S/C12H16N6O/c1-18-8-9(6-16-18)4-5-14-12(19)11-3-2-10(17-13)7-15-11/h2-3,6-8,17H,4-5,13H2,1H3,(H,14,19). The summed E-state index contributed by atoms with van der Waals surface area (Å²) in [6.07, 6.45) is 5.95. The Hall–Kier alpha value is -2.41. The van der Waals surface area contributed by atoms with E-state index in [4.69, 9.17) is 5.84 Å². The normalized spacial score (nSPS) is 10.2. The van der Waals surface area contributed by atoms with Crippen molar-refractivity contribution in [1.82, 2.24) is 20.1 Å². The maximum atomic E-state index is 11.8. The van der Waals surface area contributed by atoms with Crippen LogP contribution in [0.15, 0.2) is 30.7 Å². The van der Waals surface area contributed by atoms with Gasteiger partial charge in [-0.1, -0.05) is 0 Å². The molecular weight excluding hydrogens is 244 g/mol. The van der Waals surface area contributed by atoms with E-state index in [1.807, 2.05) is 13.2 Å². The number of nitrogen functional groups attached to an aromatic ring is 1. The molecule has 2 aromatic rings. The Kier molecular flexibility index (Phi) is 4.09. The highest BCUT2D eigenvalue weighted by atomic mass is 16.1. The average Bonchev–Trinajstić information content (AvgIpc) is 2.84. The first-order valence-corrected chi connectivity index (χ1v) is 5.87. The first-order chi connectivity index (χ1) is 9.19. The minimum absolute atomic E-state index is 0.201. The molecule has 0 bridgehead atoms. The highest BCUT2D eigenvalue weighted by molar-refractivity contribution is 5.92. The van der Waals surface area contributed by atoms with Gasteiger partial charge in [0, 0.05) is 19.8 Å². The molecule has 0 aromatic carbocycles. The second-order valence-corrected chi connectivity index (χ2v) is 4.10. The van der Waals surface area contributed by atoms with Crippen molar-refractivity contribution < 1.29 is 4.79 Å². The Labute approximate surface area is 110 Å². The number of hydrogen-bond donors (Lipinski definition) is 3. The predicted molar refractivity (Wildman–Crippen MR) is 71.3 cm³/mol. The van der Waals surface area contributed by atoms with E-state index >= 15 is 0 Å². The van der Waals surface area contributed by atoms with Crippen molar-refractivity contribution >= 4 is 11.6 Å². The molecule has 100 valence electrons. The van der Waals surface area contributed by atoms with Crippen LogP contribution in [0.1, 0.15) is 16.1 Å². The summed E-state index contributed by atoms with van der Waals surface area (Å²) in [6.45, 7) is 0.545. The second kappa shape index (κ2) is 5.96. The van der Waals surface area contributed by atoms with Gasteiger partial charge in [0.15, 0.2) is 0 Å². The lowest BCUT2D eigenvalue weighted by Gasteiger charge is -2.04. The van der Waals surface area contributed by atoms with Crippen LogP contribution in [0.25, 0.3) is 0 Å². The molecule has 0 aliphatic rings. The number of amides is 1. The van der Waals surface area contributed by atoms with Gasteiger partial charge in [0.2, 0.25) is 0 Å². The maximum absolute atomic E-state index is 11.8. The molecule has 0 saturated heterocycles. The fraction of sp³-hybridized carbons (Fsp3) is 0.250. The van der Waals surface area contributed by atoms with Gasteiger partial charge in [0.1, 0.15) is 5.69 Å². The highest BCUT2D eigenvalue weighted by Crippen LogP contribution is 2.04. The Bertz CT molecular complexity index is 548. The molecule has 0 aliphatic heterocycles. The van der Waals surface area contributed by atoms with E-state index in [2.05, 4.69) is 20.8 Å². The van der Waals surface area contributed by atoms with Gasteiger partial charge in [-0.25, -0.2) is 4.98 Å². The van der Waals surface area contributed by atoms with Crippen molar-refractivity contribution in [3.8, 4) is 0 Å². The zero-order valence-electron chi connectivity index (χ0n) is 10.6. The van der Waals surface area contributed by atoms with Gasteiger partial charge in [0.25, 0.3) is 5.91 Å². The van der Waals surface area contributed by atoms with E-state index in [1.54, 1.807) is 23.0 Å². The lowest BCUT2D eigenvalue weighted by atomic mass is 10.2. The monoisotopic (exact) mass is 260 g/mol. The molecule has 0 fully saturated rings. The van der Waals surface area contributed by atoms with Crippen LogP contribution in [0.3, 0.4) is 0 Å². The average molecular weight is 260 g/mol. The molecule has 1 amide bonds.